The zero-order valence-electron chi connectivity index (χ0n) is 39.7. The highest BCUT2D eigenvalue weighted by atomic mass is 32.1. The smallest absolute Gasteiger partial charge is 0.252 e. The first-order valence-electron chi connectivity index (χ1n) is 23.7. The van der Waals surface area contributed by atoms with Gasteiger partial charge in [0, 0.05) is 65.8 Å². The lowest BCUT2D eigenvalue weighted by atomic mass is 9.33. The Morgan fingerprint density at radius 3 is 1.96 bits per heavy atom. The average molecular weight is 886 g/mol. The topological polar surface area (TPSA) is 24.6 Å². The lowest BCUT2D eigenvalue weighted by molar-refractivity contribution is 0.587. The van der Waals surface area contributed by atoms with Gasteiger partial charge in [0.05, 0.1) is 11.2 Å². The standard InChI is InChI=1S/C61H52BN3OS/c1-35-29-51-56-52(30-35)65-57-44(55-43-19-12-15-24-54(43)67-59(55)65)31-39(61(7,8)9)32-46(57)62(56)45-28-26-40(63(47-21-13-10-17-36(47)2)48-22-14-11-18-37(48)3)34-50(45)64(51)49-23-16-20-42-41-27-25-38(60(4,5)6)33-53(41)66-58(42)49/h10-34H,1-9H3. The second kappa shape index (κ2) is 14.0. The fraction of sp³-hybridized carbons (Fsp3) is 0.180. The molecule has 326 valence electrons. The second-order valence-corrected chi connectivity index (χ2v) is 22.2. The number of thiophene rings is 1. The number of anilines is 6. The minimum atomic E-state index is -0.0694. The van der Waals surface area contributed by atoms with Crippen LogP contribution in [0.2, 0.25) is 0 Å². The van der Waals surface area contributed by atoms with Crippen LogP contribution in [0.25, 0.3) is 58.8 Å². The molecule has 0 spiro atoms. The second-order valence-electron chi connectivity index (χ2n) is 21.2. The van der Waals surface area contributed by atoms with Gasteiger partial charge in [0.25, 0.3) is 6.71 Å². The summed E-state index contributed by atoms with van der Waals surface area (Å²) in [6, 6.07) is 57.2. The molecule has 13 rings (SSSR count). The van der Waals surface area contributed by atoms with E-state index in [9.17, 15) is 0 Å². The van der Waals surface area contributed by atoms with Crippen molar-refractivity contribution >= 4 is 122 Å². The Bertz CT molecular complexity index is 3860. The summed E-state index contributed by atoms with van der Waals surface area (Å²) in [5.74, 6) is 0. The molecule has 5 heterocycles. The summed E-state index contributed by atoms with van der Waals surface area (Å²) in [6.45, 7) is 20.6. The van der Waals surface area contributed by atoms with Crippen molar-refractivity contribution in [3.63, 3.8) is 0 Å². The van der Waals surface area contributed by atoms with E-state index in [1.807, 2.05) is 11.3 Å². The molecule has 3 aromatic heterocycles. The molecular formula is C61H52BN3OS. The molecular weight excluding hydrogens is 834 g/mol. The minimum Gasteiger partial charge on any atom is -0.454 e. The van der Waals surface area contributed by atoms with Crippen molar-refractivity contribution in [2.75, 3.05) is 9.80 Å². The van der Waals surface area contributed by atoms with Crippen molar-refractivity contribution in [2.45, 2.75) is 73.1 Å². The van der Waals surface area contributed by atoms with E-state index < -0.39 is 0 Å². The van der Waals surface area contributed by atoms with E-state index in [1.54, 1.807) is 0 Å². The molecule has 0 aliphatic carbocycles. The molecule has 67 heavy (non-hydrogen) atoms. The number of nitrogens with zero attached hydrogens (tertiary/aromatic N) is 3. The number of furan rings is 1. The predicted molar refractivity (Wildman–Crippen MR) is 289 cm³/mol. The maximum Gasteiger partial charge on any atom is 0.252 e. The van der Waals surface area contributed by atoms with Gasteiger partial charge in [-0.1, -0.05) is 133 Å². The molecule has 0 saturated carbocycles. The van der Waals surface area contributed by atoms with Crippen molar-refractivity contribution in [1.29, 1.82) is 0 Å². The first kappa shape index (κ1) is 40.3. The number of fused-ring (bicyclic) bond motifs is 12. The Hall–Kier alpha value is -7.02. The van der Waals surface area contributed by atoms with Crippen LogP contribution >= 0.6 is 11.3 Å². The highest BCUT2D eigenvalue weighted by Crippen LogP contribution is 2.50. The quantitative estimate of drug-likeness (QED) is 0.165. The third-order valence-corrected chi connectivity index (χ3v) is 15.9. The molecule has 4 nitrogen and oxygen atoms in total. The lowest BCUT2D eigenvalue weighted by Gasteiger charge is -2.41. The highest BCUT2D eigenvalue weighted by molar-refractivity contribution is 7.26. The van der Waals surface area contributed by atoms with E-state index in [0.29, 0.717) is 0 Å². The molecule has 8 aromatic carbocycles. The summed E-state index contributed by atoms with van der Waals surface area (Å²) in [4.78, 5) is 6.31. The third-order valence-electron chi connectivity index (χ3n) is 14.8. The molecule has 11 aromatic rings. The van der Waals surface area contributed by atoms with Crippen molar-refractivity contribution < 1.29 is 4.42 Å². The molecule has 0 N–H and O–H groups in total. The number of aryl methyl sites for hydroxylation is 3. The predicted octanol–water partition coefficient (Wildman–Crippen LogP) is 15.5. The maximum atomic E-state index is 7.16. The van der Waals surface area contributed by atoms with E-state index in [-0.39, 0.29) is 17.5 Å². The van der Waals surface area contributed by atoms with Gasteiger partial charge >= 0.3 is 0 Å². The van der Waals surface area contributed by atoms with Gasteiger partial charge in [-0.3, -0.25) is 0 Å². The maximum absolute atomic E-state index is 7.16. The van der Waals surface area contributed by atoms with E-state index in [4.69, 9.17) is 4.42 Å². The van der Waals surface area contributed by atoms with Crippen LogP contribution in [0.3, 0.4) is 0 Å². The molecule has 0 bridgehead atoms. The van der Waals surface area contributed by atoms with E-state index in [1.165, 1.54) is 86.8 Å². The number of hydrogen-bond donors (Lipinski definition) is 0. The molecule has 0 unspecified atom stereocenters. The molecule has 2 aliphatic rings. The van der Waals surface area contributed by atoms with Gasteiger partial charge in [-0.05, 0) is 136 Å². The van der Waals surface area contributed by atoms with Crippen LogP contribution in [-0.2, 0) is 10.8 Å². The molecule has 0 saturated heterocycles. The number of benzene rings is 8. The fourth-order valence-electron chi connectivity index (χ4n) is 11.4. The summed E-state index contributed by atoms with van der Waals surface area (Å²) < 4.78 is 11.1. The summed E-state index contributed by atoms with van der Waals surface area (Å²) in [5, 5.41) is 6.29. The van der Waals surface area contributed by atoms with Gasteiger partial charge in [0.2, 0.25) is 0 Å². The number of hydrogen-bond acceptors (Lipinski definition) is 4. The first-order chi connectivity index (χ1) is 32.2. The summed E-state index contributed by atoms with van der Waals surface area (Å²) in [6.07, 6.45) is 0. The van der Waals surface area contributed by atoms with Crippen LogP contribution < -0.4 is 26.2 Å². The minimum absolute atomic E-state index is 0.0131. The van der Waals surface area contributed by atoms with Crippen LogP contribution in [0.5, 0.6) is 0 Å². The van der Waals surface area contributed by atoms with Crippen LogP contribution in [0.4, 0.5) is 34.1 Å². The van der Waals surface area contributed by atoms with Crippen molar-refractivity contribution in [1.82, 2.24) is 4.57 Å². The Balaban J connectivity index is 1.17. The molecule has 2 aliphatic heterocycles. The number of rotatable bonds is 4. The molecule has 0 amide bonds. The number of aromatic nitrogens is 1. The molecule has 6 heteroatoms. The zero-order chi connectivity index (χ0) is 45.8. The zero-order valence-corrected chi connectivity index (χ0v) is 40.5. The van der Waals surface area contributed by atoms with Gasteiger partial charge in [-0.2, -0.15) is 0 Å². The van der Waals surface area contributed by atoms with Crippen LogP contribution in [0.15, 0.2) is 156 Å². The van der Waals surface area contributed by atoms with Crippen LogP contribution in [0, 0.1) is 20.8 Å². The van der Waals surface area contributed by atoms with Crippen LogP contribution in [0.1, 0.15) is 69.4 Å². The Labute approximate surface area is 396 Å². The SMILES string of the molecule is Cc1cc2c3c(c1)-n1c4sc5ccccc5c4c4cc(C(C)(C)C)cc(c41)B3c1ccc(N(c3ccccc3C)c3ccccc3C)cc1N2c1cccc2c1oc1cc(C(C)(C)C)ccc12. The van der Waals surface area contributed by atoms with E-state index in [2.05, 4.69) is 228 Å². The summed E-state index contributed by atoms with van der Waals surface area (Å²) in [7, 11) is 0. The van der Waals surface area contributed by atoms with Gasteiger partial charge in [0.1, 0.15) is 10.4 Å². The van der Waals surface area contributed by atoms with Crippen LogP contribution in [-0.4, -0.2) is 11.3 Å². The third kappa shape index (κ3) is 5.78. The molecule has 0 radical (unpaired) electrons. The molecule has 0 atom stereocenters. The molecule has 0 fully saturated rings. The van der Waals surface area contributed by atoms with Crippen molar-refractivity contribution in [3.8, 4) is 5.69 Å². The van der Waals surface area contributed by atoms with Crippen molar-refractivity contribution in [2.24, 2.45) is 0 Å². The first-order valence-corrected chi connectivity index (χ1v) is 24.5. The monoisotopic (exact) mass is 885 g/mol. The largest absolute Gasteiger partial charge is 0.454 e. The van der Waals surface area contributed by atoms with Gasteiger partial charge in [0.15, 0.2) is 5.58 Å². The normalized spacial score (nSPS) is 13.4. The van der Waals surface area contributed by atoms with E-state index in [0.717, 1.165) is 50.4 Å². The summed E-state index contributed by atoms with van der Waals surface area (Å²) >= 11 is 1.92. The average Bonchev–Trinajstić information content (AvgIpc) is 3.97. The highest BCUT2D eigenvalue weighted by Gasteiger charge is 2.44. The number of para-hydroxylation sites is 3. The Kier molecular flexibility index (Phi) is 8.42. The lowest BCUT2D eigenvalue weighted by Crippen LogP contribution is -2.60. The van der Waals surface area contributed by atoms with Gasteiger partial charge < -0.3 is 18.8 Å². The fourth-order valence-corrected chi connectivity index (χ4v) is 12.6. The Morgan fingerprint density at radius 2 is 1.22 bits per heavy atom. The van der Waals surface area contributed by atoms with Gasteiger partial charge in [-0.15, -0.1) is 11.3 Å². The Morgan fingerprint density at radius 1 is 0.537 bits per heavy atom. The van der Waals surface area contributed by atoms with Gasteiger partial charge in [-0.25, -0.2) is 0 Å². The summed E-state index contributed by atoms with van der Waals surface area (Å²) in [5.41, 5.74) is 21.4. The van der Waals surface area contributed by atoms with E-state index >= 15 is 0 Å². The van der Waals surface area contributed by atoms with Crippen molar-refractivity contribution in [3.05, 3.63) is 179 Å².